The zero-order chi connectivity index (χ0) is 20.2. The average Bonchev–Trinajstić information content (AvgIpc) is 3.30. The van der Waals surface area contributed by atoms with Gasteiger partial charge in [-0.1, -0.05) is 6.07 Å². The van der Waals surface area contributed by atoms with Crippen LogP contribution in [0.15, 0.2) is 36.0 Å². The van der Waals surface area contributed by atoms with E-state index in [9.17, 15) is 0 Å². The number of ether oxygens (including phenoxy) is 2. The highest BCUT2D eigenvalue weighted by atomic mass is 32.1. The van der Waals surface area contributed by atoms with Crippen molar-refractivity contribution in [2.75, 3.05) is 45.3 Å². The van der Waals surface area contributed by atoms with Crippen molar-refractivity contribution in [1.29, 1.82) is 0 Å². The van der Waals surface area contributed by atoms with Crippen LogP contribution in [0.1, 0.15) is 4.88 Å². The zero-order valence-corrected chi connectivity index (χ0v) is 18.1. The monoisotopic (exact) mass is 429 g/mol. The van der Waals surface area contributed by atoms with E-state index in [1.54, 1.807) is 31.9 Å². The standard InChI is InChI=1S/C20H23N5O2S2/c1-26-17-10-15-16(11-18(17)27-2)22-13-23-19(15)24-5-7-25(8-6-24)20(28)21-12-14-4-3-9-29-14/h3-4,9-11,13H,5-8,12H2,1-2H3,(H,21,28). The number of hydrogen-bond donors (Lipinski definition) is 1. The van der Waals surface area contributed by atoms with Crippen molar-refractivity contribution in [1.82, 2.24) is 20.2 Å². The predicted molar refractivity (Wildman–Crippen MR) is 120 cm³/mol. The summed E-state index contributed by atoms with van der Waals surface area (Å²) in [4.78, 5) is 14.7. The molecule has 29 heavy (non-hydrogen) atoms. The van der Waals surface area contributed by atoms with Crippen LogP contribution in [-0.4, -0.2) is 60.4 Å². The van der Waals surface area contributed by atoms with Gasteiger partial charge in [0.25, 0.3) is 0 Å². The van der Waals surface area contributed by atoms with Gasteiger partial charge in [-0.2, -0.15) is 0 Å². The third-order valence-corrected chi connectivity index (χ3v) is 6.26. The lowest BCUT2D eigenvalue weighted by molar-refractivity contribution is 0.355. The summed E-state index contributed by atoms with van der Waals surface area (Å²) in [5.74, 6) is 2.25. The minimum Gasteiger partial charge on any atom is -0.493 e. The SMILES string of the molecule is COc1cc2ncnc(N3CCN(C(=S)NCc4cccs4)CC3)c2cc1OC. The van der Waals surface area contributed by atoms with Crippen LogP contribution in [0.2, 0.25) is 0 Å². The molecular weight excluding hydrogens is 406 g/mol. The summed E-state index contributed by atoms with van der Waals surface area (Å²) in [7, 11) is 3.26. The van der Waals surface area contributed by atoms with Crippen LogP contribution < -0.4 is 19.7 Å². The number of aromatic nitrogens is 2. The number of thiocarbonyl (C=S) groups is 1. The van der Waals surface area contributed by atoms with Gasteiger partial charge in [0, 0.05) is 42.5 Å². The Morgan fingerprint density at radius 3 is 2.59 bits per heavy atom. The van der Waals surface area contributed by atoms with Crippen molar-refractivity contribution in [3.05, 3.63) is 40.8 Å². The first-order valence-corrected chi connectivity index (χ1v) is 10.6. The molecule has 3 aromatic rings. The maximum atomic E-state index is 5.58. The van der Waals surface area contributed by atoms with Crippen molar-refractivity contribution in [2.45, 2.75) is 6.54 Å². The highest BCUT2D eigenvalue weighted by molar-refractivity contribution is 7.80. The van der Waals surface area contributed by atoms with Crippen molar-refractivity contribution in [3.63, 3.8) is 0 Å². The first-order chi connectivity index (χ1) is 14.2. The first-order valence-electron chi connectivity index (χ1n) is 9.36. The van der Waals surface area contributed by atoms with E-state index >= 15 is 0 Å². The largest absolute Gasteiger partial charge is 0.493 e. The summed E-state index contributed by atoms with van der Waals surface area (Å²) >= 11 is 7.32. The molecule has 7 nitrogen and oxygen atoms in total. The molecule has 0 atom stereocenters. The Kier molecular flexibility index (Phi) is 5.96. The molecule has 152 valence electrons. The number of hydrogen-bond acceptors (Lipinski definition) is 7. The van der Waals surface area contributed by atoms with Crippen LogP contribution in [0.25, 0.3) is 10.9 Å². The van der Waals surface area contributed by atoms with E-state index in [1.807, 2.05) is 12.1 Å². The number of nitrogens with one attached hydrogen (secondary N) is 1. The average molecular weight is 430 g/mol. The van der Waals surface area contributed by atoms with Crippen molar-refractivity contribution >= 4 is 45.4 Å². The van der Waals surface area contributed by atoms with Gasteiger partial charge >= 0.3 is 0 Å². The van der Waals surface area contributed by atoms with E-state index in [0.29, 0.717) is 11.5 Å². The Labute approximate surface area is 179 Å². The van der Waals surface area contributed by atoms with Gasteiger partial charge in [-0.3, -0.25) is 0 Å². The molecule has 1 aromatic carbocycles. The molecule has 0 amide bonds. The number of anilines is 1. The molecule has 0 spiro atoms. The molecule has 3 heterocycles. The Bertz CT molecular complexity index is 988. The minimum absolute atomic E-state index is 0.664. The number of methoxy groups -OCH3 is 2. The summed E-state index contributed by atoms with van der Waals surface area (Å²) in [6.45, 7) is 4.13. The van der Waals surface area contributed by atoms with E-state index in [2.05, 4.69) is 42.6 Å². The van der Waals surface area contributed by atoms with Crippen molar-refractivity contribution < 1.29 is 9.47 Å². The summed E-state index contributed by atoms with van der Waals surface area (Å²) in [5, 5.41) is 7.20. The fourth-order valence-corrected chi connectivity index (χ4v) is 4.33. The summed E-state index contributed by atoms with van der Waals surface area (Å²) in [6, 6.07) is 8.00. The van der Waals surface area contributed by atoms with Gasteiger partial charge in [-0.25, -0.2) is 9.97 Å². The number of piperazine rings is 1. The quantitative estimate of drug-likeness (QED) is 0.621. The number of nitrogens with zero attached hydrogens (tertiary/aromatic N) is 4. The first kappa shape index (κ1) is 19.7. The second-order valence-electron chi connectivity index (χ2n) is 6.63. The zero-order valence-electron chi connectivity index (χ0n) is 16.4. The van der Waals surface area contributed by atoms with Crippen LogP contribution >= 0.6 is 23.6 Å². The van der Waals surface area contributed by atoms with Crippen LogP contribution in [0.3, 0.4) is 0 Å². The number of thiophene rings is 1. The summed E-state index contributed by atoms with van der Waals surface area (Å²) in [6.07, 6.45) is 1.60. The number of fused-ring (bicyclic) bond motifs is 1. The molecule has 2 aromatic heterocycles. The molecule has 1 fully saturated rings. The molecule has 0 radical (unpaired) electrons. The van der Waals surface area contributed by atoms with Crippen LogP contribution in [-0.2, 0) is 6.54 Å². The van der Waals surface area contributed by atoms with E-state index < -0.39 is 0 Å². The van der Waals surface area contributed by atoms with E-state index in [-0.39, 0.29) is 0 Å². The molecule has 1 aliphatic rings. The summed E-state index contributed by atoms with van der Waals surface area (Å²) in [5.41, 5.74) is 0.836. The van der Waals surface area contributed by atoms with Crippen molar-refractivity contribution in [2.24, 2.45) is 0 Å². The Morgan fingerprint density at radius 1 is 1.14 bits per heavy atom. The maximum Gasteiger partial charge on any atom is 0.169 e. The third kappa shape index (κ3) is 4.20. The minimum atomic E-state index is 0.664. The Balaban J connectivity index is 1.45. The molecule has 9 heteroatoms. The normalized spacial score (nSPS) is 14.1. The highest BCUT2D eigenvalue weighted by Gasteiger charge is 2.22. The van der Waals surface area contributed by atoms with Gasteiger partial charge in [0.2, 0.25) is 0 Å². The lowest BCUT2D eigenvalue weighted by Crippen LogP contribution is -2.51. The van der Waals surface area contributed by atoms with Crippen LogP contribution in [0.5, 0.6) is 11.5 Å². The van der Waals surface area contributed by atoms with Crippen LogP contribution in [0.4, 0.5) is 5.82 Å². The fraction of sp³-hybridized carbons (Fsp3) is 0.350. The molecule has 0 saturated carbocycles. The maximum absolute atomic E-state index is 5.58. The second kappa shape index (κ2) is 8.79. The second-order valence-corrected chi connectivity index (χ2v) is 8.05. The van der Waals surface area contributed by atoms with E-state index in [1.165, 1.54) is 4.88 Å². The van der Waals surface area contributed by atoms with Crippen molar-refractivity contribution in [3.8, 4) is 11.5 Å². The molecular formula is C20H23N5O2S2. The van der Waals surface area contributed by atoms with Gasteiger partial charge < -0.3 is 24.6 Å². The van der Waals surface area contributed by atoms with Gasteiger partial charge in [0.1, 0.15) is 12.1 Å². The Morgan fingerprint density at radius 2 is 1.90 bits per heavy atom. The van der Waals surface area contributed by atoms with E-state index in [4.69, 9.17) is 21.7 Å². The molecule has 4 rings (SSSR count). The predicted octanol–water partition coefficient (Wildman–Crippen LogP) is 2.91. The molecule has 1 N–H and O–H groups in total. The van der Waals surface area contributed by atoms with Gasteiger partial charge in [-0.15, -0.1) is 11.3 Å². The molecule has 1 aliphatic heterocycles. The molecule has 0 aliphatic carbocycles. The van der Waals surface area contributed by atoms with Gasteiger partial charge in [0.05, 0.1) is 26.3 Å². The summed E-state index contributed by atoms with van der Waals surface area (Å²) < 4.78 is 10.9. The van der Waals surface area contributed by atoms with Gasteiger partial charge in [-0.05, 0) is 29.7 Å². The van der Waals surface area contributed by atoms with E-state index in [0.717, 1.165) is 54.6 Å². The fourth-order valence-electron chi connectivity index (χ4n) is 3.43. The lowest BCUT2D eigenvalue weighted by atomic mass is 10.2. The molecule has 1 saturated heterocycles. The van der Waals surface area contributed by atoms with Crippen LogP contribution in [0, 0.1) is 0 Å². The lowest BCUT2D eigenvalue weighted by Gasteiger charge is -2.37. The molecule has 0 bridgehead atoms. The number of benzene rings is 1. The Hall–Kier alpha value is -2.65. The topological polar surface area (TPSA) is 62.8 Å². The molecule has 0 unspecified atom stereocenters. The number of rotatable bonds is 5. The highest BCUT2D eigenvalue weighted by Crippen LogP contribution is 2.34. The van der Waals surface area contributed by atoms with Gasteiger partial charge in [0.15, 0.2) is 16.6 Å². The smallest absolute Gasteiger partial charge is 0.169 e. The third-order valence-electron chi connectivity index (χ3n) is 4.98.